The third kappa shape index (κ3) is 11.1. The number of hydrogen-bond donors (Lipinski definition) is 1. The molecule has 0 saturated carbocycles. The highest BCUT2D eigenvalue weighted by atomic mass is 19.4. The van der Waals surface area contributed by atoms with Crippen molar-refractivity contribution in [3.05, 3.63) is 12.7 Å². The van der Waals surface area contributed by atoms with Crippen molar-refractivity contribution in [1.29, 1.82) is 0 Å². The van der Waals surface area contributed by atoms with E-state index in [9.17, 15) is 18.0 Å². The largest absolute Gasteiger partial charge is 0.522 e. The van der Waals surface area contributed by atoms with Crippen LogP contribution in [-0.4, -0.2) is 50.0 Å². The van der Waals surface area contributed by atoms with Crippen molar-refractivity contribution in [1.82, 2.24) is 0 Å². The molecular weight excluding hydrogens is 245 g/mol. The molecule has 0 aromatic rings. The topological polar surface area (TPSA) is 65.0 Å². The van der Waals surface area contributed by atoms with Crippen molar-refractivity contribution in [3.8, 4) is 0 Å². The summed E-state index contributed by atoms with van der Waals surface area (Å²) in [6.45, 7) is 1.57. The number of rotatable bonds is 8. The summed E-state index contributed by atoms with van der Waals surface area (Å²) in [7, 11) is 0. The molecule has 0 aliphatic carbocycles. The van der Waals surface area contributed by atoms with Gasteiger partial charge in [0.1, 0.15) is 12.7 Å². The van der Waals surface area contributed by atoms with Crippen LogP contribution in [0.3, 0.4) is 0 Å². The fourth-order valence-electron chi connectivity index (χ4n) is 0.721. The zero-order valence-electron chi connectivity index (χ0n) is 8.90. The van der Waals surface area contributed by atoms with E-state index >= 15 is 0 Å². The maximum Gasteiger partial charge on any atom is 0.522 e. The maximum atomic E-state index is 11.5. The molecule has 0 rings (SSSR count). The number of aliphatic hydroxyl groups is 1. The van der Waals surface area contributed by atoms with E-state index in [2.05, 4.69) is 20.8 Å². The average Bonchev–Trinajstić information content (AvgIpc) is 2.23. The van der Waals surface area contributed by atoms with Gasteiger partial charge in [-0.05, 0) is 0 Å². The molecule has 0 aromatic carbocycles. The van der Waals surface area contributed by atoms with E-state index in [-0.39, 0.29) is 19.8 Å². The molecule has 8 heteroatoms. The van der Waals surface area contributed by atoms with Crippen LogP contribution >= 0.6 is 0 Å². The fraction of sp³-hybridized carbons (Fsp3) is 0.667. The lowest BCUT2D eigenvalue weighted by Gasteiger charge is -2.11. The Labute approximate surface area is 95.8 Å². The second-order valence-electron chi connectivity index (χ2n) is 2.86. The third-order valence-corrected chi connectivity index (χ3v) is 1.39. The number of carbonyl (C=O) groups is 1. The van der Waals surface area contributed by atoms with Gasteiger partial charge in [-0.15, -0.1) is 13.2 Å². The molecule has 1 atom stereocenters. The molecule has 0 spiro atoms. The first-order valence-electron chi connectivity index (χ1n) is 4.61. The van der Waals surface area contributed by atoms with Crippen LogP contribution < -0.4 is 0 Å². The quantitative estimate of drug-likeness (QED) is 0.393. The van der Waals surface area contributed by atoms with Gasteiger partial charge < -0.3 is 14.6 Å². The zero-order valence-corrected chi connectivity index (χ0v) is 8.90. The molecule has 5 nitrogen and oxygen atoms in total. The average molecular weight is 258 g/mol. The SMILES string of the molecule is C=CC(=O)OCC(O)COCCOC(F)(F)F. The predicted molar refractivity (Wildman–Crippen MR) is 50.0 cm³/mol. The van der Waals surface area contributed by atoms with Crippen molar-refractivity contribution in [2.45, 2.75) is 12.5 Å². The van der Waals surface area contributed by atoms with E-state index in [0.29, 0.717) is 0 Å². The Kier molecular flexibility index (Phi) is 7.51. The van der Waals surface area contributed by atoms with Gasteiger partial charge >= 0.3 is 12.3 Å². The summed E-state index contributed by atoms with van der Waals surface area (Å²) >= 11 is 0. The molecule has 0 bridgehead atoms. The maximum absolute atomic E-state index is 11.5. The first-order chi connectivity index (χ1) is 7.85. The Morgan fingerprint density at radius 1 is 1.35 bits per heavy atom. The monoisotopic (exact) mass is 258 g/mol. The van der Waals surface area contributed by atoms with Crippen molar-refractivity contribution < 1.29 is 37.3 Å². The lowest BCUT2D eigenvalue weighted by molar-refractivity contribution is -0.327. The summed E-state index contributed by atoms with van der Waals surface area (Å²) in [5, 5.41) is 9.15. The van der Waals surface area contributed by atoms with Crippen LogP contribution in [0.25, 0.3) is 0 Å². The second-order valence-corrected chi connectivity index (χ2v) is 2.86. The minimum atomic E-state index is -4.69. The molecule has 1 unspecified atom stereocenters. The van der Waals surface area contributed by atoms with E-state index in [4.69, 9.17) is 5.11 Å². The number of carbonyl (C=O) groups excluding carboxylic acids is 1. The molecule has 0 saturated heterocycles. The van der Waals surface area contributed by atoms with Gasteiger partial charge in [-0.2, -0.15) is 0 Å². The van der Waals surface area contributed by atoms with Crippen LogP contribution in [0.2, 0.25) is 0 Å². The number of alkyl halides is 3. The lowest BCUT2D eigenvalue weighted by atomic mass is 10.4. The molecule has 1 N–H and O–H groups in total. The standard InChI is InChI=1S/C9H13F3O5/c1-2-8(14)16-6-7(13)5-15-3-4-17-9(10,11)12/h2,7,13H,1,3-6H2. The summed E-state index contributed by atoms with van der Waals surface area (Å²) in [4.78, 5) is 10.6. The van der Waals surface area contributed by atoms with E-state index in [0.717, 1.165) is 6.08 Å². The molecular formula is C9H13F3O5. The van der Waals surface area contributed by atoms with Crippen molar-refractivity contribution >= 4 is 5.97 Å². The number of aliphatic hydroxyl groups excluding tert-OH is 1. The van der Waals surface area contributed by atoms with Gasteiger partial charge in [0.15, 0.2) is 0 Å². The van der Waals surface area contributed by atoms with Gasteiger partial charge in [0.2, 0.25) is 0 Å². The van der Waals surface area contributed by atoms with Gasteiger partial charge in [0.05, 0.1) is 19.8 Å². The van der Waals surface area contributed by atoms with Crippen molar-refractivity contribution in [2.24, 2.45) is 0 Å². The minimum Gasteiger partial charge on any atom is -0.460 e. The highest BCUT2D eigenvalue weighted by Gasteiger charge is 2.28. The van der Waals surface area contributed by atoms with Crippen molar-refractivity contribution in [3.63, 3.8) is 0 Å². The van der Waals surface area contributed by atoms with Crippen LogP contribution in [0.15, 0.2) is 12.7 Å². The van der Waals surface area contributed by atoms with Crippen LogP contribution in [0.1, 0.15) is 0 Å². The first-order valence-corrected chi connectivity index (χ1v) is 4.61. The molecule has 0 aliphatic rings. The summed E-state index contributed by atoms with van der Waals surface area (Å²) < 4.78 is 47.0. The molecule has 0 radical (unpaired) electrons. The number of halogens is 3. The Balaban J connectivity index is 3.42. The normalized spacial score (nSPS) is 13.2. The highest BCUT2D eigenvalue weighted by Crippen LogP contribution is 2.15. The molecule has 17 heavy (non-hydrogen) atoms. The van der Waals surface area contributed by atoms with Gasteiger partial charge in [-0.3, -0.25) is 4.74 Å². The molecule has 0 amide bonds. The van der Waals surface area contributed by atoms with E-state index in [1.807, 2.05) is 0 Å². The summed E-state index contributed by atoms with van der Waals surface area (Å²) in [6.07, 6.45) is -4.88. The van der Waals surface area contributed by atoms with Crippen LogP contribution in [0, 0.1) is 0 Å². The zero-order chi connectivity index (χ0) is 13.3. The summed E-state index contributed by atoms with van der Waals surface area (Å²) in [6, 6.07) is 0. The van der Waals surface area contributed by atoms with Gasteiger partial charge in [0.25, 0.3) is 0 Å². The molecule has 0 aliphatic heterocycles. The Morgan fingerprint density at radius 2 is 2.00 bits per heavy atom. The second kappa shape index (κ2) is 8.04. The third-order valence-electron chi connectivity index (χ3n) is 1.39. The molecule has 0 fully saturated rings. The highest BCUT2D eigenvalue weighted by molar-refractivity contribution is 5.81. The Morgan fingerprint density at radius 3 is 2.53 bits per heavy atom. The van der Waals surface area contributed by atoms with Gasteiger partial charge in [-0.25, -0.2) is 4.79 Å². The molecule has 0 heterocycles. The Bertz CT molecular complexity index is 241. The van der Waals surface area contributed by atoms with Crippen LogP contribution in [0.5, 0.6) is 0 Å². The lowest BCUT2D eigenvalue weighted by Crippen LogP contribution is -2.25. The van der Waals surface area contributed by atoms with Gasteiger partial charge in [-0.1, -0.05) is 6.58 Å². The molecule has 0 aromatic heterocycles. The number of ether oxygens (including phenoxy) is 3. The van der Waals surface area contributed by atoms with E-state index in [1.54, 1.807) is 0 Å². The van der Waals surface area contributed by atoms with Crippen molar-refractivity contribution in [2.75, 3.05) is 26.4 Å². The van der Waals surface area contributed by atoms with E-state index < -0.39 is 25.0 Å². The predicted octanol–water partition coefficient (Wildman–Crippen LogP) is 0.629. The number of esters is 1. The summed E-state index contributed by atoms with van der Waals surface area (Å²) in [5.41, 5.74) is 0. The number of hydrogen-bond acceptors (Lipinski definition) is 5. The van der Waals surface area contributed by atoms with Crippen LogP contribution in [0.4, 0.5) is 13.2 Å². The van der Waals surface area contributed by atoms with E-state index in [1.165, 1.54) is 0 Å². The fourth-order valence-corrected chi connectivity index (χ4v) is 0.721. The smallest absolute Gasteiger partial charge is 0.460 e. The molecule has 100 valence electrons. The van der Waals surface area contributed by atoms with Crippen LogP contribution in [-0.2, 0) is 19.0 Å². The summed E-state index contributed by atoms with van der Waals surface area (Å²) in [5.74, 6) is -0.704. The minimum absolute atomic E-state index is 0.258. The first kappa shape index (κ1) is 15.9. The van der Waals surface area contributed by atoms with Gasteiger partial charge in [0, 0.05) is 6.08 Å². The Hall–Kier alpha value is -1.12.